The lowest BCUT2D eigenvalue weighted by Gasteiger charge is -2.20. The molecule has 0 spiro atoms. The predicted molar refractivity (Wildman–Crippen MR) is 122 cm³/mol. The summed E-state index contributed by atoms with van der Waals surface area (Å²) in [5.74, 6) is -1.14. The minimum Gasteiger partial charge on any atom is -0.447 e. The van der Waals surface area contributed by atoms with E-state index < -0.39 is 18.0 Å². The van der Waals surface area contributed by atoms with Crippen LogP contribution in [-0.4, -0.2) is 21.8 Å². The molecule has 0 saturated carbocycles. The van der Waals surface area contributed by atoms with Gasteiger partial charge in [-0.2, -0.15) is 9.97 Å². The van der Waals surface area contributed by atoms with E-state index in [1.165, 1.54) is 24.9 Å². The van der Waals surface area contributed by atoms with Crippen LogP contribution in [0.3, 0.4) is 0 Å². The Bertz CT molecular complexity index is 1160. The molecule has 0 saturated heterocycles. The highest BCUT2D eigenvalue weighted by Gasteiger charge is 2.25. The molecule has 2 aromatic carbocycles. The van der Waals surface area contributed by atoms with Gasteiger partial charge in [0, 0.05) is 12.5 Å². The van der Waals surface area contributed by atoms with Crippen molar-refractivity contribution in [2.45, 2.75) is 39.2 Å². The van der Waals surface area contributed by atoms with Gasteiger partial charge < -0.3 is 14.9 Å². The number of carbonyl (C=O) groups is 2. The Kier molecular flexibility index (Phi) is 6.64. The van der Waals surface area contributed by atoms with E-state index in [1.54, 1.807) is 6.07 Å². The van der Waals surface area contributed by atoms with Gasteiger partial charge in [-0.1, -0.05) is 63.2 Å². The average molecular weight is 428 g/mol. The number of benzene rings is 2. The fourth-order valence-corrected chi connectivity index (χ4v) is 3.13. The van der Waals surface area contributed by atoms with Crippen LogP contribution in [0, 0.1) is 6.57 Å². The summed E-state index contributed by atoms with van der Waals surface area (Å²) in [6.45, 7) is 14.6. The number of esters is 1. The first-order valence-corrected chi connectivity index (χ1v) is 10.1. The summed E-state index contributed by atoms with van der Waals surface area (Å²) in [4.78, 5) is 35.4. The molecule has 1 unspecified atom stereocenters. The largest absolute Gasteiger partial charge is 0.447 e. The quantitative estimate of drug-likeness (QED) is 0.444. The van der Waals surface area contributed by atoms with E-state index in [2.05, 4.69) is 53.0 Å². The van der Waals surface area contributed by atoms with Gasteiger partial charge in [-0.25, -0.2) is 0 Å². The van der Waals surface area contributed by atoms with E-state index in [4.69, 9.17) is 11.3 Å². The van der Waals surface area contributed by atoms with Crippen molar-refractivity contribution in [3.05, 3.63) is 83.5 Å². The van der Waals surface area contributed by atoms with Crippen LogP contribution in [-0.2, 0) is 19.7 Å². The van der Waals surface area contributed by atoms with Crippen LogP contribution >= 0.6 is 0 Å². The first kappa shape index (κ1) is 22.6. The van der Waals surface area contributed by atoms with Crippen molar-refractivity contribution >= 4 is 23.5 Å². The van der Waals surface area contributed by atoms with Gasteiger partial charge in [-0.05, 0) is 28.2 Å². The number of nitrogens with zero attached hydrogens (tertiary/aromatic N) is 3. The monoisotopic (exact) mass is 428 g/mol. The summed E-state index contributed by atoms with van der Waals surface area (Å²) in [6.07, 6.45) is 1.51. The lowest BCUT2D eigenvalue weighted by Crippen LogP contribution is -2.25. The number of hydrogen-bond donors (Lipinski definition) is 1. The van der Waals surface area contributed by atoms with Crippen molar-refractivity contribution < 1.29 is 14.3 Å². The first-order valence-electron chi connectivity index (χ1n) is 10.1. The Labute approximate surface area is 187 Å². The Morgan fingerprint density at radius 1 is 1.03 bits per heavy atom. The van der Waals surface area contributed by atoms with Crippen molar-refractivity contribution in [1.29, 1.82) is 0 Å². The molecule has 32 heavy (non-hydrogen) atoms. The zero-order valence-electron chi connectivity index (χ0n) is 18.4. The molecule has 1 heterocycles. The van der Waals surface area contributed by atoms with Gasteiger partial charge in [0.2, 0.25) is 6.10 Å². The number of aromatic nitrogens is 2. The van der Waals surface area contributed by atoms with E-state index in [0.717, 1.165) is 11.1 Å². The maximum absolute atomic E-state index is 12.9. The van der Waals surface area contributed by atoms with Gasteiger partial charge in [0.1, 0.15) is 18.1 Å². The normalized spacial score (nSPS) is 11.8. The van der Waals surface area contributed by atoms with Gasteiger partial charge in [-0.3, -0.25) is 9.59 Å². The standard InChI is InChI=1S/C25H24N4O3/c1-16(30)32-22(23(31)29-21-14-27-24(26-5)28-15-21)19-8-6-7-18(13-19)17-9-11-20(12-10-17)25(2,3)4/h6-15,22H,1-4H3,(H,29,31). The summed E-state index contributed by atoms with van der Waals surface area (Å²) in [7, 11) is 0. The minimum absolute atomic E-state index is 0.0234. The third-order valence-corrected chi connectivity index (χ3v) is 4.80. The molecule has 0 aliphatic carbocycles. The van der Waals surface area contributed by atoms with Crippen molar-refractivity contribution in [3.63, 3.8) is 0 Å². The number of carbonyl (C=O) groups excluding carboxylic acids is 2. The molecule has 0 fully saturated rings. The Morgan fingerprint density at radius 2 is 1.69 bits per heavy atom. The third-order valence-electron chi connectivity index (χ3n) is 4.80. The van der Waals surface area contributed by atoms with Crippen LogP contribution in [0.1, 0.15) is 44.9 Å². The zero-order valence-corrected chi connectivity index (χ0v) is 18.4. The Morgan fingerprint density at radius 3 is 2.25 bits per heavy atom. The molecule has 1 amide bonds. The molecule has 3 aromatic rings. The number of amides is 1. The summed E-state index contributed by atoms with van der Waals surface area (Å²) >= 11 is 0. The molecule has 0 bridgehead atoms. The van der Waals surface area contributed by atoms with E-state index >= 15 is 0 Å². The van der Waals surface area contributed by atoms with Gasteiger partial charge in [0.15, 0.2) is 0 Å². The van der Waals surface area contributed by atoms with Gasteiger partial charge in [-0.15, -0.1) is 6.57 Å². The third kappa shape index (κ3) is 5.55. The van der Waals surface area contributed by atoms with Crippen LogP contribution in [0.2, 0.25) is 0 Å². The second-order valence-electron chi connectivity index (χ2n) is 8.32. The molecule has 7 heteroatoms. The van der Waals surface area contributed by atoms with E-state index in [-0.39, 0.29) is 11.4 Å². The van der Waals surface area contributed by atoms with Crippen molar-refractivity contribution in [3.8, 4) is 11.1 Å². The maximum Gasteiger partial charge on any atom is 0.371 e. The van der Waals surface area contributed by atoms with E-state index in [1.807, 2.05) is 30.3 Å². The predicted octanol–water partition coefficient (Wildman–Crippen LogP) is 5.23. The zero-order chi connectivity index (χ0) is 23.3. The summed E-state index contributed by atoms with van der Waals surface area (Å²) < 4.78 is 5.33. The van der Waals surface area contributed by atoms with Crippen molar-refractivity contribution in [2.75, 3.05) is 5.32 Å². The van der Waals surface area contributed by atoms with Crippen molar-refractivity contribution in [2.24, 2.45) is 0 Å². The highest BCUT2D eigenvalue weighted by molar-refractivity contribution is 5.96. The second kappa shape index (κ2) is 9.40. The molecule has 162 valence electrons. The van der Waals surface area contributed by atoms with Gasteiger partial charge in [0.25, 0.3) is 5.91 Å². The maximum atomic E-state index is 12.9. The highest BCUT2D eigenvalue weighted by atomic mass is 16.5. The van der Waals surface area contributed by atoms with Crippen LogP contribution in [0.15, 0.2) is 60.9 Å². The SMILES string of the molecule is [C-]#[N+]c1ncc(NC(=O)C(OC(C)=O)c2cccc(-c3ccc(C(C)(C)C)cc3)c2)cn1. The molecule has 0 aliphatic heterocycles. The Balaban J connectivity index is 1.88. The number of anilines is 1. The number of ether oxygens (including phenoxy) is 1. The number of nitrogens with one attached hydrogen (secondary N) is 1. The fraction of sp³-hybridized carbons (Fsp3) is 0.240. The smallest absolute Gasteiger partial charge is 0.371 e. The van der Waals surface area contributed by atoms with E-state index in [0.29, 0.717) is 11.3 Å². The lowest BCUT2D eigenvalue weighted by molar-refractivity contribution is -0.152. The van der Waals surface area contributed by atoms with E-state index in [9.17, 15) is 9.59 Å². The average Bonchev–Trinajstić information content (AvgIpc) is 2.77. The van der Waals surface area contributed by atoms with Crippen LogP contribution < -0.4 is 5.32 Å². The number of rotatable bonds is 5. The molecular formula is C25H24N4O3. The molecule has 3 rings (SSSR count). The van der Waals surface area contributed by atoms with Crippen molar-refractivity contribution in [1.82, 2.24) is 9.97 Å². The molecule has 0 radical (unpaired) electrons. The topological polar surface area (TPSA) is 85.5 Å². The molecule has 1 N–H and O–H groups in total. The van der Waals surface area contributed by atoms with Crippen LogP contribution in [0.25, 0.3) is 16.0 Å². The first-order chi connectivity index (χ1) is 15.2. The minimum atomic E-state index is -1.15. The fourth-order valence-electron chi connectivity index (χ4n) is 3.13. The summed E-state index contributed by atoms with van der Waals surface area (Å²) in [6, 6.07) is 15.6. The van der Waals surface area contributed by atoms with Gasteiger partial charge in [0.05, 0.1) is 0 Å². The summed E-state index contributed by atoms with van der Waals surface area (Å²) in [5.41, 5.74) is 4.00. The molecule has 7 nitrogen and oxygen atoms in total. The Hall–Kier alpha value is -4.05. The highest BCUT2D eigenvalue weighted by Crippen LogP contribution is 2.29. The summed E-state index contributed by atoms with van der Waals surface area (Å²) in [5, 5.41) is 2.64. The molecule has 1 atom stereocenters. The molecular weight excluding hydrogens is 404 g/mol. The van der Waals surface area contributed by atoms with Gasteiger partial charge >= 0.3 is 11.9 Å². The second-order valence-corrected chi connectivity index (χ2v) is 8.32. The van der Waals surface area contributed by atoms with Crippen LogP contribution in [0.4, 0.5) is 11.6 Å². The molecule has 1 aromatic heterocycles. The number of hydrogen-bond acceptors (Lipinski definition) is 5. The van der Waals surface area contributed by atoms with Crippen LogP contribution in [0.5, 0.6) is 0 Å². The molecule has 0 aliphatic rings. The lowest BCUT2D eigenvalue weighted by atomic mass is 9.86.